The highest BCUT2D eigenvalue weighted by atomic mass is 32.2. The summed E-state index contributed by atoms with van der Waals surface area (Å²) in [6.45, 7) is 3.19. The summed E-state index contributed by atoms with van der Waals surface area (Å²) in [6.07, 6.45) is 0.611. The second-order valence-electron chi connectivity index (χ2n) is 4.75. The summed E-state index contributed by atoms with van der Waals surface area (Å²) in [4.78, 5) is 0.202. The van der Waals surface area contributed by atoms with Gasteiger partial charge in [-0.25, -0.2) is 8.42 Å². The van der Waals surface area contributed by atoms with Crippen molar-refractivity contribution in [3.8, 4) is 11.5 Å². The van der Waals surface area contributed by atoms with Crippen LogP contribution in [0.4, 0.5) is 0 Å². The number of sulfonamides is 1. The molecule has 0 bridgehead atoms. The van der Waals surface area contributed by atoms with Gasteiger partial charge < -0.3 is 15.2 Å². The number of benzene rings is 1. The molecular formula is C13H20N2O4S. The van der Waals surface area contributed by atoms with Gasteiger partial charge in [0.2, 0.25) is 10.0 Å². The Kier molecular flexibility index (Phi) is 4.52. The van der Waals surface area contributed by atoms with Crippen LogP contribution in [0.2, 0.25) is 0 Å². The molecule has 0 aliphatic carbocycles. The highest BCUT2D eigenvalue weighted by Crippen LogP contribution is 2.33. The first-order chi connectivity index (χ1) is 9.46. The molecule has 1 unspecified atom stereocenters. The fourth-order valence-electron chi connectivity index (χ4n) is 2.01. The standard InChI is InChI=1S/C13H20N2O4S/c1-10(5-6-14)15(2)20(16,17)11-3-4-12-13(9-11)19-8-7-18-12/h3-4,9-10H,5-8,14H2,1-2H3. The average Bonchev–Trinajstić information content (AvgIpc) is 2.46. The number of hydrogen-bond acceptors (Lipinski definition) is 5. The Morgan fingerprint density at radius 1 is 1.30 bits per heavy atom. The fraction of sp³-hybridized carbons (Fsp3) is 0.538. The van der Waals surface area contributed by atoms with E-state index < -0.39 is 10.0 Å². The minimum atomic E-state index is -3.55. The molecule has 2 rings (SSSR count). The Morgan fingerprint density at radius 2 is 1.95 bits per heavy atom. The lowest BCUT2D eigenvalue weighted by Crippen LogP contribution is -2.36. The van der Waals surface area contributed by atoms with E-state index in [1.54, 1.807) is 13.1 Å². The van der Waals surface area contributed by atoms with Gasteiger partial charge in [-0.2, -0.15) is 4.31 Å². The molecule has 0 spiro atoms. The van der Waals surface area contributed by atoms with Crippen molar-refractivity contribution >= 4 is 10.0 Å². The van der Waals surface area contributed by atoms with Crippen molar-refractivity contribution in [3.63, 3.8) is 0 Å². The monoisotopic (exact) mass is 300 g/mol. The summed E-state index contributed by atoms with van der Waals surface area (Å²) in [5.41, 5.74) is 5.48. The van der Waals surface area contributed by atoms with Crippen molar-refractivity contribution in [1.29, 1.82) is 0 Å². The van der Waals surface area contributed by atoms with Gasteiger partial charge >= 0.3 is 0 Å². The lowest BCUT2D eigenvalue weighted by molar-refractivity contribution is 0.171. The second-order valence-corrected chi connectivity index (χ2v) is 6.75. The minimum absolute atomic E-state index is 0.154. The predicted molar refractivity (Wildman–Crippen MR) is 75.5 cm³/mol. The Balaban J connectivity index is 2.29. The number of nitrogens with two attached hydrogens (primary N) is 1. The summed E-state index contributed by atoms with van der Waals surface area (Å²) in [6, 6.07) is 4.52. The van der Waals surface area contributed by atoms with Crippen molar-refractivity contribution < 1.29 is 17.9 Å². The fourth-order valence-corrected chi connectivity index (χ4v) is 3.42. The van der Waals surface area contributed by atoms with Crippen molar-refractivity contribution in [2.45, 2.75) is 24.3 Å². The van der Waals surface area contributed by atoms with Crippen molar-refractivity contribution in [2.75, 3.05) is 26.8 Å². The highest BCUT2D eigenvalue weighted by molar-refractivity contribution is 7.89. The summed E-state index contributed by atoms with van der Waals surface area (Å²) in [7, 11) is -1.99. The highest BCUT2D eigenvalue weighted by Gasteiger charge is 2.26. The molecule has 20 heavy (non-hydrogen) atoms. The summed E-state index contributed by atoms with van der Waals surface area (Å²) in [5.74, 6) is 1.05. The number of nitrogens with zero attached hydrogens (tertiary/aromatic N) is 1. The number of ether oxygens (including phenoxy) is 2. The van der Waals surface area contributed by atoms with E-state index in [1.165, 1.54) is 16.4 Å². The van der Waals surface area contributed by atoms with Gasteiger partial charge in [0, 0.05) is 19.2 Å². The minimum Gasteiger partial charge on any atom is -0.486 e. The first-order valence-electron chi connectivity index (χ1n) is 6.54. The number of hydrogen-bond donors (Lipinski definition) is 1. The van der Waals surface area contributed by atoms with Crippen LogP contribution in [0.15, 0.2) is 23.1 Å². The van der Waals surface area contributed by atoms with Crippen LogP contribution in [-0.4, -0.2) is 45.6 Å². The Bertz CT molecular complexity index is 574. The zero-order valence-corrected chi connectivity index (χ0v) is 12.5. The summed E-state index contributed by atoms with van der Waals surface area (Å²) in [5, 5.41) is 0. The third kappa shape index (κ3) is 2.89. The van der Waals surface area contributed by atoms with Crippen LogP contribution in [0.1, 0.15) is 13.3 Å². The SMILES string of the molecule is CC(CCN)N(C)S(=O)(=O)c1ccc2c(c1)OCCO2. The molecule has 0 fully saturated rings. The molecule has 112 valence electrons. The van der Waals surface area contributed by atoms with Crippen molar-refractivity contribution in [1.82, 2.24) is 4.31 Å². The number of rotatable bonds is 5. The van der Waals surface area contributed by atoms with Gasteiger partial charge in [0.25, 0.3) is 0 Å². The van der Waals surface area contributed by atoms with E-state index >= 15 is 0 Å². The van der Waals surface area contributed by atoms with Gasteiger partial charge in [-0.1, -0.05) is 0 Å². The second kappa shape index (κ2) is 5.99. The molecule has 1 aromatic rings. The van der Waals surface area contributed by atoms with Crippen LogP contribution >= 0.6 is 0 Å². The van der Waals surface area contributed by atoms with E-state index in [-0.39, 0.29) is 10.9 Å². The largest absolute Gasteiger partial charge is 0.486 e. The maximum Gasteiger partial charge on any atom is 0.243 e. The van der Waals surface area contributed by atoms with E-state index in [9.17, 15) is 8.42 Å². The lowest BCUT2D eigenvalue weighted by Gasteiger charge is -2.25. The third-order valence-electron chi connectivity index (χ3n) is 3.40. The van der Waals surface area contributed by atoms with Crippen molar-refractivity contribution in [2.24, 2.45) is 5.73 Å². The van der Waals surface area contributed by atoms with Crippen LogP contribution in [0.3, 0.4) is 0 Å². The quantitative estimate of drug-likeness (QED) is 0.870. The van der Waals surface area contributed by atoms with E-state index in [1.807, 2.05) is 6.92 Å². The normalized spacial score (nSPS) is 16.2. The van der Waals surface area contributed by atoms with Crippen LogP contribution in [-0.2, 0) is 10.0 Å². The zero-order valence-electron chi connectivity index (χ0n) is 11.7. The van der Waals surface area contributed by atoms with Gasteiger partial charge in [0.1, 0.15) is 13.2 Å². The molecule has 1 atom stereocenters. The molecule has 0 saturated carbocycles. The van der Waals surface area contributed by atoms with Gasteiger partial charge in [-0.05, 0) is 32.0 Å². The molecule has 0 saturated heterocycles. The zero-order chi connectivity index (χ0) is 14.8. The summed E-state index contributed by atoms with van der Waals surface area (Å²) >= 11 is 0. The Labute approximate surface area is 119 Å². The molecule has 7 heteroatoms. The molecule has 0 radical (unpaired) electrons. The average molecular weight is 300 g/mol. The summed E-state index contributed by atoms with van der Waals surface area (Å²) < 4.78 is 37.2. The maximum atomic E-state index is 12.5. The van der Waals surface area contributed by atoms with Gasteiger partial charge in [-0.15, -0.1) is 0 Å². The molecule has 1 aliphatic heterocycles. The third-order valence-corrected chi connectivity index (χ3v) is 5.36. The van der Waals surface area contributed by atoms with Gasteiger partial charge in [0.05, 0.1) is 4.90 Å². The molecule has 6 nitrogen and oxygen atoms in total. The molecule has 2 N–H and O–H groups in total. The van der Waals surface area contributed by atoms with Crippen LogP contribution < -0.4 is 15.2 Å². The smallest absolute Gasteiger partial charge is 0.243 e. The van der Waals surface area contributed by atoms with E-state index in [0.717, 1.165) is 0 Å². The van der Waals surface area contributed by atoms with Gasteiger partial charge in [0.15, 0.2) is 11.5 Å². The molecule has 0 aromatic heterocycles. The van der Waals surface area contributed by atoms with Gasteiger partial charge in [-0.3, -0.25) is 0 Å². The number of fused-ring (bicyclic) bond motifs is 1. The van der Waals surface area contributed by atoms with Crippen molar-refractivity contribution in [3.05, 3.63) is 18.2 Å². The van der Waals surface area contributed by atoms with E-state index in [4.69, 9.17) is 15.2 Å². The maximum absolute atomic E-state index is 12.5. The molecule has 1 aliphatic rings. The topological polar surface area (TPSA) is 81.9 Å². The molecule has 1 heterocycles. The predicted octanol–water partition coefficient (Wildman–Crippen LogP) is 0.816. The van der Waals surface area contributed by atoms with Crippen LogP contribution in [0.25, 0.3) is 0 Å². The van der Waals surface area contributed by atoms with E-state index in [0.29, 0.717) is 37.7 Å². The Morgan fingerprint density at radius 3 is 2.60 bits per heavy atom. The molecule has 1 aromatic carbocycles. The van der Waals surface area contributed by atoms with Crippen LogP contribution in [0, 0.1) is 0 Å². The first-order valence-corrected chi connectivity index (χ1v) is 7.98. The Hall–Kier alpha value is -1.31. The first kappa shape index (κ1) is 15.1. The van der Waals surface area contributed by atoms with Crippen LogP contribution in [0.5, 0.6) is 11.5 Å². The van der Waals surface area contributed by atoms with E-state index in [2.05, 4.69) is 0 Å². The molecular weight excluding hydrogens is 280 g/mol. The molecule has 0 amide bonds. The lowest BCUT2D eigenvalue weighted by atomic mass is 10.2.